The third-order valence-corrected chi connectivity index (χ3v) is 5.05. The molecule has 1 saturated heterocycles. The number of likely N-dealkylation sites (tertiary alicyclic amines) is 1. The largest absolute Gasteiger partial charge is 0.493 e. The van der Waals surface area contributed by atoms with Crippen LogP contribution in [0.2, 0.25) is 0 Å². The second-order valence-electron chi connectivity index (χ2n) is 7.07. The molecule has 2 heterocycles. The van der Waals surface area contributed by atoms with Gasteiger partial charge < -0.3 is 24.7 Å². The first-order chi connectivity index (χ1) is 13.7. The maximum absolute atomic E-state index is 6.05. The molecule has 0 amide bonds. The molecule has 2 N–H and O–H groups in total. The zero-order chi connectivity index (χ0) is 19.8. The van der Waals surface area contributed by atoms with Gasteiger partial charge in [0.1, 0.15) is 0 Å². The Kier molecular flexibility index (Phi) is 7.20. The standard InChI is InChI=1S/C23H31N3O2/c1-4-8-21(20-11-12-24-18(20)2)25-19-9-10-22(27-3)23(17-19)28-16-7-15-26-13-5-6-14-26/h4,8-12,17,24-25H,1,5-7,13-16H2,2-3H3/b21-8+. The van der Waals surface area contributed by atoms with E-state index in [-0.39, 0.29) is 0 Å². The second kappa shape index (κ2) is 10.0. The highest BCUT2D eigenvalue weighted by Gasteiger charge is 2.12. The monoisotopic (exact) mass is 381 g/mol. The normalized spacial score (nSPS) is 14.9. The number of H-pyrrole nitrogens is 1. The minimum Gasteiger partial charge on any atom is -0.493 e. The topological polar surface area (TPSA) is 49.5 Å². The highest BCUT2D eigenvalue weighted by molar-refractivity contribution is 5.79. The molecule has 2 aromatic rings. The van der Waals surface area contributed by atoms with Crippen molar-refractivity contribution in [3.05, 3.63) is 60.5 Å². The van der Waals surface area contributed by atoms with E-state index in [0.717, 1.165) is 47.1 Å². The summed E-state index contributed by atoms with van der Waals surface area (Å²) in [6.07, 6.45) is 9.36. The summed E-state index contributed by atoms with van der Waals surface area (Å²) in [4.78, 5) is 5.72. The summed E-state index contributed by atoms with van der Waals surface area (Å²) in [6, 6.07) is 7.98. The molecule has 5 nitrogen and oxygen atoms in total. The van der Waals surface area contributed by atoms with E-state index in [2.05, 4.69) is 34.8 Å². The molecule has 0 bridgehead atoms. The fourth-order valence-electron chi connectivity index (χ4n) is 3.56. The maximum atomic E-state index is 6.05. The fraction of sp³-hybridized carbons (Fsp3) is 0.391. The van der Waals surface area contributed by atoms with Crippen LogP contribution < -0.4 is 14.8 Å². The van der Waals surface area contributed by atoms with Crippen LogP contribution in [0, 0.1) is 6.92 Å². The van der Waals surface area contributed by atoms with E-state index >= 15 is 0 Å². The van der Waals surface area contributed by atoms with Gasteiger partial charge in [-0.05, 0) is 63.6 Å². The molecule has 0 radical (unpaired) electrons. The van der Waals surface area contributed by atoms with Crippen molar-refractivity contribution in [3.8, 4) is 11.5 Å². The van der Waals surface area contributed by atoms with Gasteiger partial charge in [0.25, 0.3) is 0 Å². The number of hydrogen-bond acceptors (Lipinski definition) is 4. The van der Waals surface area contributed by atoms with Crippen LogP contribution in [0.4, 0.5) is 5.69 Å². The van der Waals surface area contributed by atoms with E-state index in [4.69, 9.17) is 9.47 Å². The molecule has 1 aromatic carbocycles. The van der Waals surface area contributed by atoms with Crippen molar-refractivity contribution in [1.82, 2.24) is 9.88 Å². The summed E-state index contributed by atoms with van der Waals surface area (Å²) in [5.74, 6) is 1.51. The van der Waals surface area contributed by atoms with Crippen LogP contribution in [-0.2, 0) is 0 Å². The van der Waals surface area contributed by atoms with Gasteiger partial charge in [-0.1, -0.05) is 12.7 Å². The predicted octanol–water partition coefficient (Wildman–Crippen LogP) is 4.84. The zero-order valence-electron chi connectivity index (χ0n) is 17.0. The number of ether oxygens (including phenoxy) is 2. The maximum Gasteiger partial charge on any atom is 0.163 e. The van der Waals surface area contributed by atoms with Gasteiger partial charge in [0.2, 0.25) is 0 Å². The van der Waals surface area contributed by atoms with E-state index < -0.39 is 0 Å². The van der Waals surface area contributed by atoms with Crippen LogP contribution in [0.15, 0.2) is 49.2 Å². The number of aromatic nitrogens is 1. The molecular formula is C23H31N3O2. The number of allylic oxidation sites excluding steroid dienone is 2. The van der Waals surface area contributed by atoms with E-state index in [0.29, 0.717) is 6.61 Å². The molecule has 0 atom stereocenters. The summed E-state index contributed by atoms with van der Waals surface area (Å²) in [5.41, 5.74) is 4.15. The molecule has 1 fully saturated rings. The average Bonchev–Trinajstić information content (AvgIpc) is 3.37. The number of hydrogen-bond donors (Lipinski definition) is 2. The van der Waals surface area contributed by atoms with Crippen molar-refractivity contribution >= 4 is 11.4 Å². The molecule has 0 aliphatic carbocycles. The summed E-state index contributed by atoms with van der Waals surface area (Å²) in [6.45, 7) is 10.1. The first-order valence-electron chi connectivity index (χ1n) is 9.98. The molecule has 0 spiro atoms. The third-order valence-electron chi connectivity index (χ3n) is 5.05. The molecule has 150 valence electrons. The first kappa shape index (κ1) is 20.1. The van der Waals surface area contributed by atoms with Crippen LogP contribution in [-0.4, -0.2) is 43.2 Å². The van der Waals surface area contributed by atoms with Crippen molar-refractivity contribution in [2.45, 2.75) is 26.2 Å². The second-order valence-corrected chi connectivity index (χ2v) is 7.07. The van der Waals surface area contributed by atoms with Crippen LogP contribution in [0.1, 0.15) is 30.5 Å². The number of nitrogens with zero attached hydrogens (tertiary/aromatic N) is 1. The number of anilines is 1. The van der Waals surface area contributed by atoms with Gasteiger partial charge in [-0.2, -0.15) is 0 Å². The van der Waals surface area contributed by atoms with Crippen LogP contribution in [0.3, 0.4) is 0 Å². The lowest BCUT2D eigenvalue weighted by molar-refractivity contribution is 0.254. The molecule has 1 aliphatic rings. The average molecular weight is 382 g/mol. The van der Waals surface area contributed by atoms with Gasteiger partial charge in [-0.25, -0.2) is 0 Å². The summed E-state index contributed by atoms with van der Waals surface area (Å²) in [7, 11) is 1.67. The quantitative estimate of drug-likeness (QED) is 0.457. The third kappa shape index (κ3) is 5.20. The van der Waals surface area contributed by atoms with Gasteiger partial charge >= 0.3 is 0 Å². The Bertz CT molecular complexity index is 804. The van der Waals surface area contributed by atoms with E-state index in [1.54, 1.807) is 13.2 Å². The lowest BCUT2D eigenvalue weighted by Crippen LogP contribution is -2.21. The lowest BCUT2D eigenvalue weighted by Gasteiger charge is -2.17. The van der Waals surface area contributed by atoms with E-state index in [1.807, 2.05) is 30.5 Å². The van der Waals surface area contributed by atoms with Gasteiger partial charge in [0, 0.05) is 41.4 Å². The highest BCUT2D eigenvalue weighted by atomic mass is 16.5. The smallest absolute Gasteiger partial charge is 0.163 e. The van der Waals surface area contributed by atoms with Crippen molar-refractivity contribution in [3.63, 3.8) is 0 Å². The van der Waals surface area contributed by atoms with E-state index in [9.17, 15) is 0 Å². The Hall–Kier alpha value is -2.66. The summed E-state index contributed by atoms with van der Waals surface area (Å²) >= 11 is 0. The molecule has 0 unspecified atom stereocenters. The molecule has 28 heavy (non-hydrogen) atoms. The number of methoxy groups -OCH3 is 1. The lowest BCUT2D eigenvalue weighted by atomic mass is 10.1. The van der Waals surface area contributed by atoms with Crippen LogP contribution >= 0.6 is 0 Å². The Morgan fingerprint density at radius 2 is 2.07 bits per heavy atom. The molecule has 1 aromatic heterocycles. The van der Waals surface area contributed by atoms with Crippen LogP contribution in [0.25, 0.3) is 5.70 Å². The van der Waals surface area contributed by atoms with Crippen LogP contribution in [0.5, 0.6) is 11.5 Å². The van der Waals surface area contributed by atoms with Crippen molar-refractivity contribution in [1.29, 1.82) is 0 Å². The predicted molar refractivity (Wildman–Crippen MR) is 116 cm³/mol. The Labute approximate surface area is 168 Å². The first-order valence-corrected chi connectivity index (χ1v) is 9.98. The molecule has 5 heteroatoms. The molecule has 3 rings (SSSR count). The number of benzene rings is 1. The Morgan fingerprint density at radius 3 is 2.75 bits per heavy atom. The van der Waals surface area contributed by atoms with E-state index in [1.165, 1.54) is 25.9 Å². The number of nitrogens with one attached hydrogen (secondary N) is 2. The SMILES string of the molecule is C=C/C=C(/Nc1ccc(OC)c(OCCCN2CCCC2)c1)c1cc[nH]c1C. The summed E-state index contributed by atoms with van der Waals surface area (Å²) < 4.78 is 11.5. The minimum absolute atomic E-state index is 0.683. The van der Waals surface area contributed by atoms with Crippen molar-refractivity contribution in [2.24, 2.45) is 0 Å². The van der Waals surface area contributed by atoms with Gasteiger partial charge in [0.15, 0.2) is 11.5 Å². The Morgan fingerprint density at radius 1 is 1.25 bits per heavy atom. The van der Waals surface area contributed by atoms with Gasteiger partial charge in [-0.15, -0.1) is 0 Å². The number of aryl methyl sites for hydroxylation is 1. The number of aromatic amines is 1. The van der Waals surface area contributed by atoms with Gasteiger partial charge in [0.05, 0.1) is 13.7 Å². The van der Waals surface area contributed by atoms with Crippen molar-refractivity contribution < 1.29 is 9.47 Å². The fourth-order valence-corrected chi connectivity index (χ4v) is 3.56. The Balaban J connectivity index is 1.66. The van der Waals surface area contributed by atoms with Gasteiger partial charge in [-0.3, -0.25) is 0 Å². The highest BCUT2D eigenvalue weighted by Crippen LogP contribution is 2.32. The zero-order valence-corrected chi connectivity index (χ0v) is 17.0. The van der Waals surface area contributed by atoms with Crippen molar-refractivity contribution in [2.75, 3.05) is 38.7 Å². The minimum atomic E-state index is 0.683. The molecule has 1 aliphatic heterocycles. The molecule has 0 saturated carbocycles. The summed E-state index contributed by atoms with van der Waals surface area (Å²) in [5, 5.41) is 3.48. The molecular weight excluding hydrogens is 350 g/mol. The number of rotatable bonds is 10.